The summed E-state index contributed by atoms with van der Waals surface area (Å²) in [5.41, 5.74) is 5.08. The van der Waals surface area contributed by atoms with Crippen molar-refractivity contribution in [1.82, 2.24) is 0 Å². The molecule has 1 atom stereocenters. The maximum atomic E-state index is 5.08. The summed E-state index contributed by atoms with van der Waals surface area (Å²) in [5.74, 6) is 0.690. The van der Waals surface area contributed by atoms with E-state index in [4.69, 9.17) is 5.73 Å². The molecule has 1 unspecified atom stereocenters. The maximum absolute atomic E-state index is 5.08. The van der Waals surface area contributed by atoms with Crippen LogP contribution in [0.15, 0.2) is 4.99 Å². The van der Waals surface area contributed by atoms with Gasteiger partial charge in [-0.2, -0.15) is 0 Å². The van der Waals surface area contributed by atoms with Crippen LogP contribution in [-0.4, -0.2) is 12.9 Å². The van der Waals surface area contributed by atoms with Crippen LogP contribution in [0.25, 0.3) is 0 Å². The molecule has 0 saturated heterocycles. The molecule has 54 valence electrons. The van der Waals surface area contributed by atoms with Crippen LogP contribution in [0, 0.1) is 5.92 Å². The molecular formula is C7H16N2. The van der Waals surface area contributed by atoms with Gasteiger partial charge in [0, 0.05) is 6.54 Å². The highest BCUT2D eigenvalue weighted by atomic mass is 14.8. The second-order valence-corrected chi connectivity index (χ2v) is 2.41. The van der Waals surface area contributed by atoms with Gasteiger partial charge in [0.2, 0.25) is 0 Å². The van der Waals surface area contributed by atoms with E-state index >= 15 is 0 Å². The van der Waals surface area contributed by atoms with Crippen molar-refractivity contribution >= 4 is 6.34 Å². The molecule has 2 N–H and O–H groups in total. The summed E-state index contributed by atoms with van der Waals surface area (Å²) >= 11 is 0. The average molecular weight is 128 g/mol. The van der Waals surface area contributed by atoms with Crippen molar-refractivity contribution in [3.05, 3.63) is 0 Å². The second-order valence-electron chi connectivity index (χ2n) is 2.41. The Bertz CT molecular complexity index is 79.0. The van der Waals surface area contributed by atoms with Gasteiger partial charge in [-0.25, -0.2) is 0 Å². The first-order chi connectivity index (χ1) is 4.31. The SMILES string of the molecule is CCCC(C)CN=CN. The third kappa shape index (κ3) is 5.34. The van der Waals surface area contributed by atoms with E-state index in [0.29, 0.717) is 5.92 Å². The van der Waals surface area contributed by atoms with E-state index in [1.807, 2.05) is 0 Å². The number of rotatable bonds is 4. The number of aliphatic imine (C=N–C) groups is 1. The fourth-order valence-corrected chi connectivity index (χ4v) is 0.825. The molecule has 0 bridgehead atoms. The van der Waals surface area contributed by atoms with E-state index < -0.39 is 0 Å². The number of hydrogen-bond donors (Lipinski definition) is 1. The van der Waals surface area contributed by atoms with Gasteiger partial charge in [0.1, 0.15) is 0 Å². The molecule has 0 amide bonds. The zero-order chi connectivity index (χ0) is 7.11. The van der Waals surface area contributed by atoms with Gasteiger partial charge < -0.3 is 5.73 Å². The zero-order valence-electron chi connectivity index (χ0n) is 6.30. The summed E-state index contributed by atoms with van der Waals surface area (Å²) in [4.78, 5) is 3.94. The highest BCUT2D eigenvalue weighted by molar-refractivity contribution is 5.51. The van der Waals surface area contributed by atoms with E-state index in [0.717, 1.165) is 6.54 Å². The van der Waals surface area contributed by atoms with Gasteiger partial charge in [-0.15, -0.1) is 0 Å². The van der Waals surface area contributed by atoms with Gasteiger partial charge in [0.25, 0.3) is 0 Å². The molecule has 0 fully saturated rings. The minimum atomic E-state index is 0.690. The van der Waals surface area contributed by atoms with E-state index in [9.17, 15) is 0 Å². The third-order valence-electron chi connectivity index (χ3n) is 1.30. The van der Waals surface area contributed by atoms with E-state index in [1.54, 1.807) is 0 Å². The van der Waals surface area contributed by atoms with Crippen molar-refractivity contribution in [1.29, 1.82) is 0 Å². The molecule has 0 heterocycles. The topological polar surface area (TPSA) is 38.4 Å². The standard InChI is InChI=1S/C7H16N2/c1-3-4-7(2)5-9-6-8/h6-7H,3-5H2,1-2H3,(H2,8,9). The molecule has 2 nitrogen and oxygen atoms in total. The van der Waals surface area contributed by atoms with E-state index in [1.165, 1.54) is 19.2 Å². The van der Waals surface area contributed by atoms with Crippen LogP contribution in [0.3, 0.4) is 0 Å². The highest BCUT2D eigenvalue weighted by Crippen LogP contribution is 2.03. The van der Waals surface area contributed by atoms with Crippen LogP contribution in [-0.2, 0) is 0 Å². The van der Waals surface area contributed by atoms with Crippen LogP contribution >= 0.6 is 0 Å². The molecule has 0 radical (unpaired) electrons. The van der Waals surface area contributed by atoms with Gasteiger partial charge in [0.15, 0.2) is 0 Å². The van der Waals surface area contributed by atoms with Crippen LogP contribution in [0.5, 0.6) is 0 Å². The molecule has 2 heteroatoms. The summed E-state index contributed by atoms with van der Waals surface area (Å²) in [6, 6.07) is 0. The molecule has 0 aromatic heterocycles. The largest absolute Gasteiger partial charge is 0.390 e. The lowest BCUT2D eigenvalue weighted by molar-refractivity contribution is 0.538. The summed E-state index contributed by atoms with van der Waals surface area (Å²) < 4.78 is 0. The van der Waals surface area contributed by atoms with Crippen molar-refractivity contribution in [3.63, 3.8) is 0 Å². The van der Waals surface area contributed by atoms with Crippen LogP contribution in [0.4, 0.5) is 0 Å². The smallest absolute Gasteiger partial charge is 0.0797 e. The molecule has 0 spiro atoms. The number of nitrogens with two attached hydrogens (primary N) is 1. The van der Waals surface area contributed by atoms with Crippen molar-refractivity contribution < 1.29 is 0 Å². The van der Waals surface area contributed by atoms with Crippen molar-refractivity contribution in [2.75, 3.05) is 6.54 Å². The molecule has 0 aliphatic rings. The molecule has 0 aromatic rings. The van der Waals surface area contributed by atoms with Crippen molar-refractivity contribution in [2.45, 2.75) is 26.7 Å². The Morgan fingerprint density at radius 3 is 2.78 bits per heavy atom. The number of nitrogens with zero attached hydrogens (tertiary/aromatic N) is 1. The lowest BCUT2D eigenvalue weighted by atomic mass is 10.1. The van der Waals surface area contributed by atoms with E-state index in [-0.39, 0.29) is 0 Å². The Labute approximate surface area is 57.2 Å². The first-order valence-electron chi connectivity index (χ1n) is 3.51. The zero-order valence-corrected chi connectivity index (χ0v) is 6.30. The maximum Gasteiger partial charge on any atom is 0.0797 e. The van der Waals surface area contributed by atoms with Gasteiger partial charge in [-0.05, 0) is 12.3 Å². The van der Waals surface area contributed by atoms with Gasteiger partial charge in [-0.1, -0.05) is 20.3 Å². The minimum absolute atomic E-state index is 0.690. The van der Waals surface area contributed by atoms with Crippen molar-refractivity contribution in [2.24, 2.45) is 16.6 Å². The Balaban J connectivity index is 3.15. The Kier molecular flexibility index (Phi) is 5.27. The van der Waals surface area contributed by atoms with E-state index in [2.05, 4.69) is 18.8 Å². The fourth-order valence-electron chi connectivity index (χ4n) is 0.825. The molecule has 0 aromatic carbocycles. The predicted octanol–water partition coefficient (Wildman–Crippen LogP) is 1.41. The van der Waals surface area contributed by atoms with Gasteiger partial charge in [0.05, 0.1) is 6.34 Å². The third-order valence-corrected chi connectivity index (χ3v) is 1.30. The molecule has 0 saturated carbocycles. The summed E-state index contributed by atoms with van der Waals surface area (Å²) in [7, 11) is 0. The first-order valence-corrected chi connectivity index (χ1v) is 3.51. The Hall–Kier alpha value is -0.530. The predicted molar refractivity (Wildman–Crippen MR) is 41.6 cm³/mol. The molecule has 0 aliphatic carbocycles. The monoisotopic (exact) mass is 128 g/mol. The summed E-state index contributed by atoms with van der Waals surface area (Å²) in [6.07, 6.45) is 3.87. The lowest BCUT2D eigenvalue weighted by Gasteiger charge is -2.03. The summed E-state index contributed by atoms with van der Waals surface area (Å²) in [5, 5.41) is 0. The quantitative estimate of drug-likeness (QED) is 0.451. The second kappa shape index (κ2) is 5.60. The van der Waals surface area contributed by atoms with Crippen LogP contribution < -0.4 is 5.73 Å². The first kappa shape index (κ1) is 8.47. The van der Waals surface area contributed by atoms with Gasteiger partial charge in [-0.3, -0.25) is 4.99 Å². The van der Waals surface area contributed by atoms with Crippen molar-refractivity contribution in [3.8, 4) is 0 Å². The molecule has 0 aliphatic heterocycles. The molecule has 9 heavy (non-hydrogen) atoms. The lowest BCUT2D eigenvalue weighted by Crippen LogP contribution is -2.00. The van der Waals surface area contributed by atoms with Crippen LogP contribution in [0.1, 0.15) is 26.7 Å². The average Bonchev–Trinajstić information content (AvgIpc) is 1.85. The Morgan fingerprint density at radius 2 is 2.33 bits per heavy atom. The van der Waals surface area contributed by atoms with Crippen LogP contribution in [0.2, 0.25) is 0 Å². The van der Waals surface area contributed by atoms with Gasteiger partial charge >= 0.3 is 0 Å². The summed E-state index contributed by atoms with van der Waals surface area (Å²) in [6.45, 7) is 5.25. The minimum Gasteiger partial charge on any atom is -0.390 e. The highest BCUT2D eigenvalue weighted by Gasteiger charge is 1.95. The molecular weight excluding hydrogens is 112 g/mol. The molecule has 0 rings (SSSR count). The normalized spacial score (nSPS) is 14.4. The number of hydrogen-bond acceptors (Lipinski definition) is 1. The Morgan fingerprint density at radius 1 is 1.67 bits per heavy atom. The fraction of sp³-hybridized carbons (Fsp3) is 0.857.